The third-order valence-corrected chi connectivity index (χ3v) is 2.72. The van der Waals surface area contributed by atoms with Gasteiger partial charge in [0.2, 0.25) is 0 Å². The normalized spacial score (nSPS) is 10.4. The molecule has 0 saturated carbocycles. The number of hydrogen-bond acceptors (Lipinski definition) is 3. The van der Waals surface area contributed by atoms with Gasteiger partial charge < -0.3 is 10.2 Å². The van der Waals surface area contributed by atoms with Crippen molar-refractivity contribution in [1.82, 2.24) is 10.3 Å². The van der Waals surface area contributed by atoms with Crippen LogP contribution in [-0.4, -0.2) is 24.6 Å². The fraction of sp³-hybridized carbons (Fsp3) is 0.615. The first-order valence-electron chi connectivity index (χ1n) is 6.22. The molecule has 1 N–H and O–H groups in total. The second kappa shape index (κ2) is 7.23. The molecule has 3 heteroatoms. The highest BCUT2D eigenvalue weighted by atomic mass is 15.1. The molecule has 3 nitrogen and oxygen atoms in total. The summed E-state index contributed by atoms with van der Waals surface area (Å²) >= 11 is 0. The number of hydrogen-bond donors (Lipinski definition) is 1. The van der Waals surface area contributed by atoms with Crippen molar-refractivity contribution in [3.05, 3.63) is 24.0 Å². The lowest BCUT2D eigenvalue weighted by Crippen LogP contribution is -2.25. The van der Waals surface area contributed by atoms with Gasteiger partial charge in [-0.3, -0.25) is 4.98 Å². The highest BCUT2D eigenvalue weighted by molar-refractivity contribution is 5.51. The first-order chi connectivity index (χ1) is 7.83. The molecule has 0 aliphatic heterocycles. The van der Waals surface area contributed by atoms with Crippen molar-refractivity contribution in [2.24, 2.45) is 0 Å². The van der Waals surface area contributed by atoms with Crippen molar-refractivity contribution in [2.75, 3.05) is 24.5 Å². The first-order valence-corrected chi connectivity index (χ1v) is 6.22. The molecular formula is C13H23N3. The van der Waals surface area contributed by atoms with Gasteiger partial charge in [0.05, 0.1) is 0 Å². The van der Waals surface area contributed by atoms with Gasteiger partial charge in [0, 0.05) is 43.3 Å². The molecule has 1 heterocycles. The van der Waals surface area contributed by atoms with E-state index < -0.39 is 0 Å². The number of nitrogens with one attached hydrogen (secondary N) is 1. The van der Waals surface area contributed by atoms with E-state index in [4.69, 9.17) is 0 Å². The van der Waals surface area contributed by atoms with E-state index in [9.17, 15) is 0 Å². The zero-order valence-corrected chi connectivity index (χ0v) is 10.7. The average molecular weight is 221 g/mol. The summed E-state index contributed by atoms with van der Waals surface area (Å²) in [6.07, 6.45) is 5.01. The van der Waals surface area contributed by atoms with Crippen LogP contribution in [0.1, 0.15) is 32.8 Å². The predicted octanol–water partition coefficient (Wildman–Crippen LogP) is 2.43. The fourth-order valence-corrected chi connectivity index (χ4v) is 1.83. The van der Waals surface area contributed by atoms with E-state index in [1.807, 2.05) is 12.4 Å². The van der Waals surface area contributed by atoms with Crippen molar-refractivity contribution >= 4 is 5.69 Å². The van der Waals surface area contributed by atoms with Crippen LogP contribution in [0.4, 0.5) is 5.69 Å². The monoisotopic (exact) mass is 221 g/mol. The second-order valence-corrected chi connectivity index (χ2v) is 3.85. The van der Waals surface area contributed by atoms with Crippen LogP contribution in [0.3, 0.4) is 0 Å². The average Bonchev–Trinajstić information content (AvgIpc) is 2.33. The van der Waals surface area contributed by atoms with E-state index in [0.29, 0.717) is 0 Å². The van der Waals surface area contributed by atoms with Crippen LogP contribution in [0.15, 0.2) is 18.5 Å². The van der Waals surface area contributed by atoms with Crippen LogP contribution in [0, 0.1) is 0 Å². The number of pyridine rings is 1. The van der Waals surface area contributed by atoms with E-state index in [1.54, 1.807) is 0 Å². The van der Waals surface area contributed by atoms with Crippen molar-refractivity contribution in [1.29, 1.82) is 0 Å². The lowest BCUT2D eigenvalue weighted by Gasteiger charge is -2.23. The molecule has 0 fully saturated rings. The van der Waals surface area contributed by atoms with Crippen LogP contribution < -0.4 is 10.2 Å². The zero-order valence-electron chi connectivity index (χ0n) is 10.7. The molecule has 0 spiro atoms. The van der Waals surface area contributed by atoms with Crippen LogP contribution in [0.25, 0.3) is 0 Å². The summed E-state index contributed by atoms with van der Waals surface area (Å²) in [4.78, 5) is 6.57. The Balaban J connectivity index is 2.74. The van der Waals surface area contributed by atoms with Crippen molar-refractivity contribution in [3.8, 4) is 0 Å². The van der Waals surface area contributed by atoms with Gasteiger partial charge in [-0.2, -0.15) is 0 Å². The number of nitrogens with zero attached hydrogens (tertiary/aromatic N) is 2. The van der Waals surface area contributed by atoms with Gasteiger partial charge in [0.25, 0.3) is 0 Å². The molecule has 0 amide bonds. The van der Waals surface area contributed by atoms with E-state index in [1.165, 1.54) is 17.7 Å². The predicted molar refractivity (Wildman–Crippen MR) is 69.8 cm³/mol. The summed E-state index contributed by atoms with van der Waals surface area (Å²) in [5.74, 6) is 0. The molecule has 1 aromatic rings. The first kappa shape index (κ1) is 13.0. The van der Waals surface area contributed by atoms with Crippen molar-refractivity contribution in [2.45, 2.75) is 33.7 Å². The molecule has 16 heavy (non-hydrogen) atoms. The Morgan fingerprint density at radius 2 is 2.00 bits per heavy atom. The van der Waals surface area contributed by atoms with Gasteiger partial charge in [0.15, 0.2) is 0 Å². The van der Waals surface area contributed by atoms with Gasteiger partial charge in [-0.05, 0) is 32.9 Å². The van der Waals surface area contributed by atoms with Crippen molar-refractivity contribution < 1.29 is 0 Å². The quantitative estimate of drug-likeness (QED) is 0.717. The molecule has 0 aliphatic rings. The minimum absolute atomic E-state index is 0.910. The highest BCUT2D eigenvalue weighted by Gasteiger charge is 2.07. The molecule has 0 atom stereocenters. The van der Waals surface area contributed by atoms with Crippen LogP contribution in [0.2, 0.25) is 0 Å². The maximum absolute atomic E-state index is 4.21. The van der Waals surface area contributed by atoms with E-state index in [2.05, 4.69) is 42.0 Å². The lowest BCUT2D eigenvalue weighted by atomic mass is 10.2. The van der Waals surface area contributed by atoms with Crippen LogP contribution >= 0.6 is 0 Å². The molecule has 1 aromatic heterocycles. The number of rotatable bonds is 7. The third kappa shape index (κ3) is 3.49. The molecule has 0 bridgehead atoms. The molecule has 1 rings (SSSR count). The second-order valence-electron chi connectivity index (χ2n) is 3.85. The highest BCUT2D eigenvalue weighted by Crippen LogP contribution is 2.18. The fourth-order valence-electron chi connectivity index (χ4n) is 1.83. The van der Waals surface area contributed by atoms with Gasteiger partial charge in [-0.1, -0.05) is 6.92 Å². The molecule has 90 valence electrons. The summed E-state index contributed by atoms with van der Waals surface area (Å²) in [6.45, 7) is 10.6. The standard InChI is InChI=1S/C13H23N3/c1-4-8-14-10-12-11-15-9-7-13(12)16(5-2)6-3/h7,9,11,14H,4-6,8,10H2,1-3H3. The molecule has 0 aliphatic carbocycles. The summed E-state index contributed by atoms with van der Waals surface area (Å²) in [6, 6.07) is 2.11. The van der Waals surface area contributed by atoms with E-state index in [0.717, 1.165) is 26.2 Å². The molecular weight excluding hydrogens is 198 g/mol. The zero-order chi connectivity index (χ0) is 11.8. The van der Waals surface area contributed by atoms with Gasteiger partial charge in [-0.25, -0.2) is 0 Å². The van der Waals surface area contributed by atoms with E-state index in [-0.39, 0.29) is 0 Å². The number of aromatic nitrogens is 1. The summed E-state index contributed by atoms with van der Waals surface area (Å²) in [5.41, 5.74) is 2.60. The largest absolute Gasteiger partial charge is 0.372 e. The maximum Gasteiger partial charge on any atom is 0.0442 e. The molecule has 0 saturated heterocycles. The van der Waals surface area contributed by atoms with Gasteiger partial charge in [0.1, 0.15) is 0 Å². The van der Waals surface area contributed by atoms with Crippen molar-refractivity contribution in [3.63, 3.8) is 0 Å². The molecule has 0 radical (unpaired) electrons. The Morgan fingerprint density at radius 1 is 1.25 bits per heavy atom. The number of anilines is 1. The Kier molecular flexibility index (Phi) is 5.86. The lowest BCUT2D eigenvalue weighted by molar-refractivity contribution is 0.671. The summed E-state index contributed by atoms with van der Waals surface area (Å²) < 4.78 is 0. The van der Waals surface area contributed by atoms with E-state index >= 15 is 0 Å². The van der Waals surface area contributed by atoms with Gasteiger partial charge in [-0.15, -0.1) is 0 Å². The molecule has 0 unspecified atom stereocenters. The Bertz CT molecular complexity index is 295. The van der Waals surface area contributed by atoms with Crippen LogP contribution in [-0.2, 0) is 6.54 Å². The molecule has 0 aromatic carbocycles. The minimum Gasteiger partial charge on any atom is -0.372 e. The van der Waals surface area contributed by atoms with Gasteiger partial charge >= 0.3 is 0 Å². The minimum atomic E-state index is 0.910. The SMILES string of the molecule is CCCNCc1cnccc1N(CC)CC. The summed E-state index contributed by atoms with van der Waals surface area (Å²) in [7, 11) is 0. The summed E-state index contributed by atoms with van der Waals surface area (Å²) in [5, 5.41) is 3.43. The Labute approximate surface area is 98.9 Å². The topological polar surface area (TPSA) is 28.2 Å². The Morgan fingerprint density at radius 3 is 2.62 bits per heavy atom. The smallest absolute Gasteiger partial charge is 0.0442 e. The maximum atomic E-state index is 4.21. The third-order valence-electron chi connectivity index (χ3n) is 2.72. The Hall–Kier alpha value is -1.09. The van der Waals surface area contributed by atoms with Crippen LogP contribution in [0.5, 0.6) is 0 Å².